The summed E-state index contributed by atoms with van der Waals surface area (Å²) in [5.41, 5.74) is 1.27. The van der Waals surface area contributed by atoms with Crippen molar-refractivity contribution in [3.05, 3.63) is 36.5 Å². The number of pyridine rings is 1. The Morgan fingerprint density at radius 1 is 1.08 bits per heavy atom. The van der Waals surface area contributed by atoms with E-state index in [1.54, 1.807) is 12.3 Å². The van der Waals surface area contributed by atoms with Crippen LogP contribution in [-0.2, 0) is 14.4 Å². The van der Waals surface area contributed by atoms with Crippen LogP contribution in [0.1, 0.15) is 25.7 Å². The SMILES string of the molecule is O=C(CN1C(=O)C2CCCCC2C1=O)Nc1cccc2cccnc12. The van der Waals surface area contributed by atoms with Gasteiger partial charge in [0.1, 0.15) is 6.54 Å². The van der Waals surface area contributed by atoms with E-state index in [4.69, 9.17) is 0 Å². The molecule has 1 aromatic heterocycles. The van der Waals surface area contributed by atoms with Crippen LogP contribution in [-0.4, -0.2) is 34.2 Å². The number of carbonyl (C=O) groups excluding carboxylic acids is 3. The first-order chi connectivity index (χ1) is 12.1. The Kier molecular flexibility index (Phi) is 3.95. The number of nitrogens with one attached hydrogen (secondary N) is 1. The second-order valence-electron chi connectivity index (χ2n) is 6.69. The highest BCUT2D eigenvalue weighted by Gasteiger charge is 2.48. The minimum atomic E-state index is -0.376. The van der Waals surface area contributed by atoms with E-state index < -0.39 is 0 Å². The number of anilines is 1. The van der Waals surface area contributed by atoms with Gasteiger partial charge in [-0.1, -0.05) is 31.0 Å². The number of amides is 3. The molecule has 2 unspecified atom stereocenters. The summed E-state index contributed by atoms with van der Waals surface area (Å²) in [5, 5.41) is 3.70. The predicted molar refractivity (Wildman–Crippen MR) is 92.5 cm³/mol. The molecule has 1 N–H and O–H groups in total. The van der Waals surface area contributed by atoms with E-state index in [9.17, 15) is 14.4 Å². The van der Waals surface area contributed by atoms with E-state index in [-0.39, 0.29) is 36.1 Å². The van der Waals surface area contributed by atoms with Crippen LogP contribution in [0.15, 0.2) is 36.5 Å². The van der Waals surface area contributed by atoms with Gasteiger partial charge >= 0.3 is 0 Å². The van der Waals surface area contributed by atoms with Gasteiger partial charge in [-0.15, -0.1) is 0 Å². The number of hydrogen-bond donors (Lipinski definition) is 1. The number of hydrogen-bond acceptors (Lipinski definition) is 4. The van der Waals surface area contributed by atoms with Gasteiger partial charge in [0.05, 0.1) is 23.0 Å². The quantitative estimate of drug-likeness (QED) is 0.872. The largest absolute Gasteiger partial charge is 0.323 e. The molecule has 6 nitrogen and oxygen atoms in total. The molecule has 1 saturated heterocycles. The first kappa shape index (κ1) is 15.7. The summed E-state index contributed by atoms with van der Waals surface area (Å²) in [7, 11) is 0. The average Bonchev–Trinajstić information content (AvgIpc) is 2.87. The number of imide groups is 1. The average molecular weight is 337 g/mol. The summed E-state index contributed by atoms with van der Waals surface area (Å²) >= 11 is 0. The summed E-state index contributed by atoms with van der Waals surface area (Å²) in [6, 6.07) is 9.25. The maximum absolute atomic E-state index is 12.5. The van der Waals surface area contributed by atoms with Gasteiger partial charge in [-0.05, 0) is 25.0 Å². The number of fused-ring (bicyclic) bond motifs is 2. The van der Waals surface area contributed by atoms with Crippen molar-refractivity contribution < 1.29 is 14.4 Å². The molecule has 25 heavy (non-hydrogen) atoms. The maximum Gasteiger partial charge on any atom is 0.244 e. The Hall–Kier alpha value is -2.76. The summed E-state index contributed by atoms with van der Waals surface area (Å²) in [6.07, 6.45) is 5.11. The minimum Gasteiger partial charge on any atom is -0.323 e. The van der Waals surface area contributed by atoms with Crippen molar-refractivity contribution in [1.82, 2.24) is 9.88 Å². The van der Waals surface area contributed by atoms with Gasteiger partial charge in [0, 0.05) is 11.6 Å². The number of para-hydroxylation sites is 1. The highest BCUT2D eigenvalue weighted by molar-refractivity contribution is 6.09. The number of benzene rings is 1. The van der Waals surface area contributed by atoms with Crippen LogP contribution in [0.2, 0.25) is 0 Å². The highest BCUT2D eigenvalue weighted by Crippen LogP contribution is 2.37. The normalized spacial score (nSPS) is 23.0. The molecule has 0 spiro atoms. The molecule has 4 rings (SSSR count). The molecule has 0 bridgehead atoms. The number of carbonyl (C=O) groups is 3. The molecule has 1 saturated carbocycles. The molecule has 2 heterocycles. The molecular weight excluding hydrogens is 318 g/mol. The number of nitrogens with zero attached hydrogens (tertiary/aromatic N) is 2. The first-order valence-electron chi connectivity index (χ1n) is 8.64. The molecule has 2 atom stereocenters. The van der Waals surface area contributed by atoms with E-state index in [0.717, 1.165) is 36.0 Å². The zero-order valence-electron chi connectivity index (χ0n) is 13.8. The van der Waals surface area contributed by atoms with Crippen molar-refractivity contribution in [3.8, 4) is 0 Å². The standard InChI is InChI=1S/C19H19N3O3/c23-16(21-15-9-3-5-12-6-4-10-20-17(12)15)11-22-18(24)13-7-1-2-8-14(13)19(22)25/h3-6,9-10,13-14H,1-2,7-8,11H2,(H,21,23). The molecule has 2 aliphatic rings. The molecule has 1 aromatic carbocycles. The van der Waals surface area contributed by atoms with Crippen LogP contribution >= 0.6 is 0 Å². The van der Waals surface area contributed by atoms with E-state index >= 15 is 0 Å². The zero-order valence-corrected chi connectivity index (χ0v) is 13.8. The van der Waals surface area contributed by atoms with Crippen molar-refractivity contribution in [2.45, 2.75) is 25.7 Å². The van der Waals surface area contributed by atoms with Gasteiger partial charge in [-0.2, -0.15) is 0 Å². The summed E-state index contributed by atoms with van der Waals surface area (Å²) < 4.78 is 0. The van der Waals surface area contributed by atoms with Crippen LogP contribution in [0.3, 0.4) is 0 Å². The zero-order chi connectivity index (χ0) is 17.4. The maximum atomic E-state index is 12.5. The van der Waals surface area contributed by atoms with Crippen LogP contribution in [0.5, 0.6) is 0 Å². The molecule has 3 amide bonds. The van der Waals surface area contributed by atoms with Gasteiger partial charge in [0.2, 0.25) is 17.7 Å². The summed E-state index contributed by atoms with van der Waals surface area (Å²) in [6.45, 7) is -0.228. The predicted octanol–water partition coefficient (Wildman–Crippen LogP) is 2.35. The fourth-order valence-corrected chi connectivity index (χ4v) is 3.93. The Labute approximate surface area is 145 Å². The number of likely N-dealkylation sites (tertiary alicyclic amines) is 1. The molecule has 128 valence electrons. The number of aromatic nitrogens is 1. The van der Waals surface area contributed by atoms with Gasteiger partial charge in [-0.3, -0.25) is 24.3 Å². The Bertz CT molecular complexity index is 835. The molecular formula is C19H19N3O3. The monoisotopic (exact) mass is 337 g/mol. The minimum absolute atomic E-state index is 0.194. The summed E-state index contributed by atoms with van der Waals surface area (Å²) in [5.74, 6) is -1.22. The smallest absolute Gasteiger partial charge is 0.244 e. The van der Waals surface area contributed by atoms with Crippen molar-refractivity contribution in [3.63, 3.8) is 0 Å². The fraction of sp³-hybridized carbons (Fsp3) is 0.368. The van der Waals surface area contributed by atoms with Gasteiger partial charge < -0.3 is 5.32 Å². The molecule has 6 heteroatoms. The third-order valence-electron chi connectivity index (χ3n) is 5.14. The van der Waals surface area contributed by atoms with E-state index in [2.05, 4.69) is 10.3 Å². The van der Waals surface area contributed by atoms with E-state index in [0.29, 0.717) is 11.2 Å². The third kappa shape index (κ3) is 2.77. The van der Waals surface area contributed by atoms with Gasteiger partial charge in [-0.25, -0.2) is 0 Å². The van der Waals surface area contributed by atoms with Crippen LogP contribution < -0.4 is 5.32 Å². The lowest BCUT2D eigenvalue weighted by Crippen LogP contribution is -2.38. The van der Waals surface area contributed by atoms with Gasteiger partial charge in [0.25, 0.3) is 0 Å². The number of rotatable bonds is 3. The first-order valence-corrected chi connectivity index (χ1v) is 8.64. The fourth-order valence-electron chi connectivity index (χ4n) is 3.93. The Morgan fingerprint density at radius 3 is 2.48 bits per heavy atom. The second kappa shape index (κ2) is 6.27. The van der Waals surface area contributed by atoms with Crippen molar-refractivity contribution in [1.29, 1.82) is 0 Å². The lowest BCUT2D eigenvalue weighted by molar-refractivity contribution is -0.142. The second-order valence-corrected chi connectivity index (χ2v) is 6.69. The summed E-state index contributed by atoms with van der Waals surface area (Å²) in [4.78, 5) is 42.8. The van der Waals surface area contributed by atoms with Crippen LogP contribution in [0.4, 0.5) is 5.69 Å². The molecule has 1 aliphatic carbocycles. The molecule has 2 aromatic rings. The lowest BCUT2D eigenvalue weighted by atomic mass is 9.81. The van der Waals surface area contributed by atoms with Crippen LogP contribution in [0, 0.1) is 11.8 Å². The highest BCUT2D eigenvalue weighted by atomic mass is 16.2. The van der Waals surface area contributed by atoms with Crippen molar-refractivity contribution in [2.75, 3.05) is 11.9 Å². The van der Waals surface area contributed by atoms with Crippen LogP contribution in [0.25, 0.3) is 10.9 Å². The Morgan fingerprint density at radius 2 is 1.76 bits per heavy atom. The molecule has 2 fully saturated rings. The van der Waals surface area contributed by atoms with Crippen molar-refractivity contribution in [2.24, 2.45) is 11.8 Å². The lowest BCUT2D eigenvalue weighted by Gasteiger charge is -2.19. The van der Waals surface area contributed by atoms with E-state index in [1.165, 1.54) is 0 Å². The molecule has 1 aliphatic heterocycles. The third-order valence-corrected chi connectivity index (χ3v) is 5.14. The van der Waals surface area contributed by atoms with Gasteiger partial charge in [0.15, 0.2) is 0 Å². The molecule has 0 radical (unpaired) electrons. The van der Waals surface area contributed by atoms with E-state index in [1.807, 2.05) is 24.3 Å². The topological polar surface area (TPSA) is 79.4 Å². The van der Waals surface area contributed by atoms with Crippen molar-refractivity contribution >= 4 is 34.3 Å². The Balaban J connectivity index is 1.50.